The van der Waals surface area contributed by atoms with E-state index in [1.807, 2.05) is 0 Å². The predicted octanol–water partition coefficient (Wildman–Crippen LogP) is -6.31. The Labute approximate surface area is 498 Å². The topological polar surface area (TPSA) is 580 Å². The van der Waals surface area contributed by atoms with Crippen molar-refractivity contribution in [1.29, 1.82) is 0 Å². The van der Waals surface area contributed by atoms with Crippen LogP contribution in [-0.2, 0) is 68.7 Å². The molecule has 2 saturated heterocycles. The number of nitrogens with zero attached hydrogens (tertiary/aromatic N) is 3. The Balaban J connectivity index is 2.28. The summed E-state index contributed by atoms with van der Waals surface area (Å²) in [6, 6.07) is -8.65. The number of phenolic OH excluding ortho intramolecular Hbond substituents is 1. The van der Waals surface area contributed by atoms with Gasteiger partial charge in [-0.2, -0.15) is 0 Å². The number of hydrogen-bond acceptors (Lipinski definition) is 20. The van der Waals surface area contributed by atoms with E-state index in [4.69, 9.17) is 34.4 Å². The number of rotatable bonds is 21. The second-order valence-corrected chi connectivity index (χ2v) is 22.0. The molecule has 34 nitrogen and oxygen atoms in total. The number of phenols is 1. The first kappa shape index (κ1) is 70.8. The Bertz CT molecular complexity index is 2710. The van der Waals surface area contributed by atoms with E-state index in [-0.39, 0.29) is 86.7 Å². The van der Waals surface area contributed by atoms with E-state index < -0.39 is 192 Å². The second kappa shape index (κ2) is 34.9. The van der Waals surface area contributed by atoms with E-state index in [1.165, 1.54) is 31.2 Å². The summed E-state index contributed by atoms with van der Waals surface area (Å²) in [7, 11) is 0. The number of carboxylic acid groups (broad SMARTS) is 2. The van der Waals surface area contributed by atoms with E-state index in [1.54, 1.807) is 0 Å². The summed E-state index contributed by atoms with van der Waals surface area (Å²) in [5.41, 5.74) is 38.0. The molecule has 23 N–H and O–H groups in total. The molecular formula is C49H72BrN17O17S. The van der Waals surface area contributed by atoms with Crippen LogP contribution in [0.1, 0.15) is 83.1 Å². The highest BCUT2D eigenvalue weighted by atomic mass is 79.9. The number of fused-ring (bicyclic) bond motifs is 1. The number of nitrogens with two attached hydrogens (primary N) is 6. The van der Waals surface area contributed by atoms with Gasteiger partial charge in [-0.1, -0.05) is 28.1 Å². The van der Waals surface area contributed by atoms with Crippen molar-refractivity contribution in [1.82, 2.24) is 47.7 Å². The molecule has 2 aliphatic heterocycles. The van der Waals surface area contributed by atoms with Crippen LogP contribution in [-0.4, -0.2) is 199 Å². The number of carboxylic acids is 2. The number of ketones is 3. The van der Waals surface area contributed by atoms with E-state index >= 15 is 0 Å². The molecule has 2 unspecified atom stereocenters. The number of guanidine groups is 2. The van der Waals surface area contributed by atoms with Crippen molar-refractivity contribution in [2.45, 2.75) is 142 Å². The minimum Gasteiger partial charge on any atom is -0.508 e. The Morgan fingerprint density at radius 3 is 1.76 bits per heavy atom. The number of nitrogens with one attached hydrogen (secondary N) is 8. The van der Waals surface area contributed by atoms with Crippen LogP contribution in [0.3, 0.4) is 0 Å². The van der Waals surface area contributed by atoms with Crippen molar-refractivity contribution in [2.24, 2.45) is 44.4 Å². The van der Waals surface area contributed by atoms with Gasteiger partial charge >= 0.3 is 11.9 Å². The number of hydrogen-bond donors (Lipinski definition) is 17. The number of aromatic hydroxyl groups is 1. The number of carbonyl (C=O) groups is 14. The number of thioether (sulfide) groups is 1. The standard InChI is InChI=1S/C49H72BrN17O17S/c1-22(50)33(69)18-28-38(76)26(12-13-36(72)73)62-45(82)32-7-4-16-67(32)46(83)27(6-3-15-58-48(55)56)60-35(71)21-59-42(79)31(20-37(74)75)66-65-30(19-34(51)70)44(81)63-29(17-23-8-10-24(68)11-9-23)43(80)61-25(5-2-14-57-47(53)54)39(77)40(41(52)78)85-49(84)64-28/h8-11,22,25-32,40,65-66,68H,2-7,12-21H2,1H3,(H2,51,70)(H2,52,78)(H,59,79)(H,60,71)(H,61,80)(H,62,82)(H,63,81)(H,64,84)(H,72,73)(H,74,75)(H4,53,54,57)(H4,55,56,58)/t22-,25+,26+,27+,28?,29+,30+,31+,32+,40?/m1/s1. The molecule has 10 atom stereocenters. The number of Topliss-reactive ketones (excluding diaryl/α,β-unsaturated/α-hetero) is 3. The molecule has 468 valence electrons. The number of aliphatic imine (C=N–C) groups is 2. The van der Waals surface area contributed by atoms with Crippen LogP contribution in [0.2, 0.25) is 0 Å². The van der Waals surface area contributed by atoms with Gasteiger partial charge in [0.15, 0.2) is 28.7 Å². The van der Waals surface area contributed by atoms with E-state index in [9.17, 15) is 82.4 Å². The highest BCUT2D eigenvalue weighted by Gasteiger charge is 2.42. The lowest BCUT2D eigenvalue weighted by Crippen LogP contribution is -2.61. The first-order valence-corrected chi connectivity index (χ1v) is 28.2. The van der Waals surface area contributed by atoms with Crippen molar-refractivity contribution in [2.75, 3.05) is 26.2 Å². The van der Waals surface area contributed by atoms with Crippen molar-refractivity contribution >= 4 is 121 Å². The molecule has 1 aromatic carbocycles. The van der Waals surface area contributed by atoms with Gasteiger partial charge in [-0.25, -0.2) is 10.9 Å². The van der Waals surface area contributed by atoms with Crippen molar-refractivity contribution in [3.63, 3.8) is 0 Å². The molecule has 0 aromatic heterocycles. The zero-order valence-electron chi connectivity index (χ0n) is 46.0. The largest absolute Gasteiger partial charge is 0.508 e. The third-order valence-electron chi connectivity index (χ3n) is 12.8. The summed E-state index contributed by atoms with van der Waals surface area (Å²) in [5.74, 6) is -16.1. The number of halogens is 1. The number of carbonyl (C=O) groups excluding carboxylic acids is 12. The van der Waals surface area contributed by atoms with Crippen molar-refractivity contribution in [3.8, 4) is 5.75 Å². The van der Waals surface area contributed by atoms with E-state index in [0.717, 1.165) is 4.90 Å². The third kappa shape index (κ3) is 24.7. The maximum Gasteiger partial charge on any atom is 0.305 e. The zero-order chi connectivity index (χ0) is 63.7. The SMILES string of the molecule is C[C@@H](Br)C(=O)CC1NC(=O)SC(C(N)=O)C(=O)[C@H](CCCN=C(N)N)NC(=O)[C@H](Cc2ccc(O)cc2)NC(=O)[C@H](CC(N)=O)NN[C@@H](CC(=O)O)C(=O)NCC(=O)N[C@@H](CCCN=C(N)N)C(=O)N2CCC[C@H]2C(=O)N[C@@H](CCC(=O)O)C1=O. The number of primary amides is 2. The fourth-order valence-corrected chi connectivity index (χ4v) is 9.59. The van der Waals surface area contributed by atoms with Gasteiger partial charge in [0.05, 0.1) is 42.3 Å². The van der Waals surface area contributed by atoms with Gasteiger partial charge in [0.1, 0.15) is 41.7 Å². The highest BCUT2D eigenvalue weighted by molar-refractivity contribution is 9.10. The Kier molecular flexibility index (Phi) is 29.1. The first-order valence-electron chi connectivity index (χ1n) is 26.4. The van der Waals surface area contributed by atoms with E-state index in [2.05, 4.69) is 68.7 Å². The molecule has 0 radical (unpaired) electrons. The Hall–Kier alpha value is -8.51. The molecular weight excluding hydrogens is 1210 g/mol. The molecule has 9 amide bonds. The summed E-state index contributed by atoms with van der Waals surface area (Å²) < 4.78 is 0. The second-order valence-electron chi connectivity index (χ2n) is 19.5. The highest BCUT2D eigenvalue weighted by Crippen LogP contribution is 2.23. The van der Waals surface area contributed by atoms with Crippen LogP contribution in [0.4, 0.5) is 4.79 Å². The van der Waals surface area contributed by atoms with Gasteiger partial charge in [0.2, 0.25) is 47.3 Å². The van der Waals surface area contributed by atoms with Crippen LogP contribution in [0, 0.1) is 0 Å². The molecule has 2 aliphatic rings. The molecule has 2 fully saturated rings. The number of alkyl halides is 1. The minimum absolute atomic E-state index is 0.0379. The summed E-state index contributed by atoms with van der Waals surface area (Å²) in [4.78, 5) is 198. The third-order valence-corrected chi connectivity index (χ3v) is 14.4. The van der Waals surface area contributed by atoms with Crippen LogP contribution >= 0.6 is 27.7 Å². The molecule has 2 heterocycles. The molecule has 3 rings (SSSR count). The Morgan fingerprint density at radius 2 is 1.21 bits per heavy atom. The van der Waals surface area contributed by atoms with E-state index in [0.29, 0.717) is 0 Å². The number of aliphatic carboxylic acids is 2. The fourth-order valence-electron chi connectivity index (χ4n) is 8.58. The maximum atomic E-state index is 14.6. The summed E-state index contributed by atoms with van der Waals surface area (Å²) in [6.07, 6.45) is -5.10. The lowest BCUT2D eigenvalue weighted by atomic mass is 9.96. The van der Waals surface area contributed by atoms with Crippen LogP contribution in [0.25, 0.3) is 0 Å². The molecule has 0 saturated carbocycles. The number of amides is 9. The van der Waals surface area contributed by atoms with Gasteiger partial charge in [-0.3, -0.25) is 77.1 Å². The molecule has 1 aromatic rings. The van der Waals surface area contributed by atoms with Gasteiger partial charge < -0.3 is 86.5 Å². The summed E-state index contributed by atoms with van der Waals surface area (Å²) in [6.45, 7) is 0.136. The van der Waals surface area contributed by atoms with Gasteiger partial charge in [0, 0.05) is 38.9 Å². The summed E-state index contributed by atoms with van der Waals surface area (Å²) in [5, 5.41) is 40.1. The normalized spacial score (nSPS) is 24.2. The monoisotopic (exact) mass is 1280 g/mol. The predicted molar refractivity (Wildman–Crippen MR) is 305 cm³/mol. The maximum absolute atomic E-state index is 14.6. The number of hydrazine groups is 1. The average molecular weight is 1280 g/mol. The lowest BCUT2D eigenvalue weighted by molar-refractivity contribution is -0.142. The van der Waals surface area contributed by atoms with Gasteiger partial charge in [-0.15, -0.1) is 0 Å². The minimum atomic E-state index is -2.21. The fraction of sp³-hybridized carbons (Fsp3) is 0.551. The Morgan fingerprint density at radius 1 is 0.659 bits per heavy atom. The first-order chi connectivity index (χ1) is 40.0. The van der Waals surface area contributed by atoms with Crippen LogP contribution in [0.15, 0.2) is 34.3 Å². The molecule has 36 heteroatoms. The average Bonchev–Trinajstić information content (AvgIpc) is 4.09. The zero-order valence-corrected chi connectivity index (χ0v) is 48.4. The van der Waals surface area contributed by atoms with Crippen LogP contribution < -0.4 is 77.2 Å². The molecule has 85 heavy (non-hydrogen) atoms. The van der Waals surface area contributed by atoms with Crippen molar-refractivity contribution < 1.29 is 82.4 Å². The van der Waals surface area contributed by atoms with Gasteiger partial charge in [-0.05, 0) is 81.3 Å². The summed E-state index contributed by atoms with van der Waals surface area (Å²) >= 11 is 3.02. The van der Waals surface area contributed by atoms with Crippen molar-refractivity contribution in [3.05, 3.63) is 29.8 Å². The van der Waals surface area contributed by atoms with Crippen LogP contribution in [0.5, 0.6) is 5.75 Å². The molecule has 0 aliphatic carbocycles. The molecule has 0 bridgehead atoms. The van der Waals surface area contributed by atoms with Gasteiger partial charge in [0.25, 0.3) is 5.24 Å². The smallest absolute Gasteiger partial charge is 0.305 e. The molecule has 0 spiro atoms. The quantitative estimate of drug-likeness (QED) is 0.0179. The number of benzene rings is 1. The lowest BCUT2D eigenvalue weighted by Gasteiger charge is -2.30.